The molecular weight excluding hydrogens is 138 g/mol. The summed E-state index contributed by atoms with van der Waals surface area (Å²) in [4.78, 5) is 14.6. The zero-order valence-corrected chi connectivity index (χ0v) is 5.96. The van der Waals surface area contributed by atoms with Crippen LogP contribution in [0.4, 0.5) is 0 Å². The molecule has 10 heavy (non-hydrogen) atoms. The number of hydrogen-bond donors (Lipinski definition) is 2. The van der Waals surface area contributed by atoms with E-state index in [9.17, 15) is 4.79 Å². The van der Waals surface area contributed by atoms with Crippen molar-refractivity contribution in [2.75, 3.05) is 13.7 Å². The van der Waals surface area contributed by atoms with Crippen LogP contribution >= 0.6 is 0 Å². The molecule has 5 heteroatoms. The predicted molar refractivity (Wildman–Crippen MR) is 33.2 cm³/mol. The molecule has 0 aliphatic heterocycles. The Bertz CT molecular complexity index is 127. The molecule has 1 atom stereocenters. The lowest BCUT2D eigenvalue weighted by atomic mass is 10.1. The number of carbonyl (C=O) groups is 1. The van der Waals surface area contributed by atoms with Gasteiger partial charge < -0.3 is 9.84 Å². The Kier molecular flexibility index (Phi) is 3.27. The molecule has 1 unspecified atom stereocenters. The van der Waals surface area contributed by atoms with E-state index in [0.29, 0.717) is 0 Å². The first kappa shape index (κ1) is 9.35. The van der Waals surface area contributed by atoms with E-state index in [1.807, 2.05) is 0 Å². The van der Waals surface area contributed by atoms with E-state index in [1.165, 1.54) is 14.0 Å². The van der Waals surface area contributed by atoms with Gasteiger partial charge in [0.15, 0.2) is 0 Å². The van der Waals surface area contributed by atoms with Gasteiger partial charge in [0.25, 0.3) is 0 Å². The van der Waals surface area contributed by atoms with Crippen molar-refractivity contribution in [2.24, 2.45) is 5.90 Å². The van der Waals surface area contributed by atoms with E-state index in [2.05, 4.69) is 9.57 Å². The Morgan fingerprint density at radius 2 is 2.30 bits per heavy atom. The molecule has 0 spiro atoms. The number of carboxylic acid groups (broad SMARTS) is 1. The van der Waals surface area contributed by atoms with Crippen LogP contribution in [0, 0.1) is 0 Å². The van der Waals surface area contributed by atoms with Gasteiger partial charge in [-0.1, -0.05) is 0 Å². The Morgan fingerprint density at radius 1 is 1.80 bits per heavy atom. The fourth-order valence-electron chi connectivity index (χ4n) is 0.422. The zero-order chi connectivity index (χ0) is 8.20. The minimum Gasteiger partial charge on any atom is -0.479 e. The van der Waals surface area contributed by atoms with Crippen molar-refractivity contribution in [1.82, 2.24) is 0 Å². The number of carboxylic acids is 1. The highest BCUT2D eigenvalue weighted by Gasteiger charge is 2.33. The summed E-state index contributed by atoms with van der Waals surface area (Å²) in [5.41, 5.74) is -1.44. The molecule has 3 N–H and O–H groups in total. The molecule has 0 rings (SSSR count). The number of hydrogen-bond acceptors (Lipinski definition) is 4. The van der Waals surface area contributed by atoms with E-state index < -0.39 is 11.6 Å². The second kappa shape index (κ2) is 3.50. The molecule has 0 radical (unpaired) electrons. The highest BCUT2D eigenvalue weighted by Crippen LogP contribution is 2.07. The van der Waals surface area contributed by atoms with Gasteiger partial charge in [0, 0.05) is 7.11 Å². The van der Waals surface area contributed by atoms with Gasteiger partial charge in [0.2, 0.25) is 5.60 Å². The van der Waals surface area contributed by atoms with E-state index in [-0.39, 0.29) is 6.61 Å². The Labute approximate surface area is 58.7 Å². The minimum atomic E-state index is -1.44. The van der Waals surface area contributed by atoms with E-state index >= 15 is 0 Å². The average Bonchev–Trinajstić information content (AvgIpc) is 1.88. The normalized spacial score (nSPS) is 16.3. The quantitative estimate of drug-likeness (QED) is 0.520. The van der Waals surface area contributed by atoms with Crippen LogP contribution in [0.1, 0.15) is 6.92 Å². The van der Waals surface area contributed by atoms with E-state index in [1.54, 1.807) is 0 Å². The summed E-state index contributed by atoms with van der Waals surface area (Å²) >= 11 is 0. The Morgan fingerprint density at radius 3 is 2.40 bits per heavy atom. The lowest BCUT2D eigenvalue weighted by molar-refractivity contribution is -0.171. The molecule has 0 saturated carbocycles. The van der Waals surface area contributed by atoms with Gasteiger partial charge in [-0.15, -0.1) is 0 Å². The third-order valence-corrected chi connectivity index (χ3v) is 1.13. The van der Waals surface area contributed by atoms with Crippen LogP contribution in [-0.2, 0) is 14.4 Å². The summed E-state index contributed by atoms with van der Waals surface area (Å²) in [5.74, 6) is 3.59. The molecule has 0 aliphatic rings. The van der Waals surface area contributed by atoms with Gasteiger partial charge in [-0.2, -0.15) is 0 Å². The minimum absolute atomic E-state index is 0.0706. The summed E-state index contributed by atoms with van der Waals surface area (Å²) in [6.07, 6.45) is 0. The van der Waals surface area contributed by atoms with Crippen molar-refractivity contribution in [2.45, 2.75) is 12.5 Å². The summed E-state index contributed by atoms with van der Waals surface area (Å²) in [5, 5.41) is 8.48. The fourth-order valence-corrected chi connectivity index (χ4v) is 0.422. The first-order chi connectivity index (χ1) is 4.56. The molecule has 0 aromatic rings. The Hall–Kier alpha value is -0.650. The van der Waals surface area contributed by atoms with Crippen molar-refractivity contribution in [3.05, 3.63) is 0 Å². The van der Waals surface area contributed by atoms with Crippen LogP contribution in [0.5, 0.6) is 0 Å². The lowest BCUT2D eigenvalue weighted by Gasteiger charge is -2.20. The SMILES string of the molecule is COCC(C)(ON)C(=O)O. The molecule has 0 saturated heterocycles. The molecule has 0 amide bonds. The largest absolute Gasteiger partial charge is 0.479 e. The fraction of sp³-hybridized carbons (Fsp3) is 0.800. The van der Waals surface area contributed by atoms with Gasteiger partial charge in [-0.25, -0.2) is 10.7 Å². The maximum atomic E-state index is 10.4. The molecule has 5 nitrogen and oxygen atoms in total. The van der Waals surface area contributed by atoms with Crippen molar-refractivity contribution < 1.29 is 19.5 Å². The van der Waals surface area contributed by atoms with Gasteiger partial charge >= 0.3 is 5.97 Å². The summed E-state index contributed by atoms with van der Waals surface area (Å²) < 4.78 is 4.57. The number of nitrogens with two attached hydrogens (primary N) is 1. The molecule has 0 aliphatic carbocycles. The van der Waals surface area contributed by atoms with Crippen molar-refractivity contribution in [3.8, 4) is 0 Å². The molecule has 0 fully saturated rings. The zero-order valence-electron chi connectivity index (χ0n) is 5.96. The van der Waals surface area contributed by atoms with E-state index in [0.717, 1.165) is 0 Å². The summed E-state index contributed by atoms with van der Waals surface area (Å²) in [6, 6.07) is 0. The topological polar surface area (TPSA) is 81.8 Å². The maximum absolute atomic E-state index is 10.4. The second-order valence-electron chi connectivity index (χ2n) is 2.09. The standard InChI is InChI=1S/C5H11NO4/c1-5(10-6,3-9-2)4(7)8/h3,6H2,1-2H3,(H,7,8). The number of ether oxygens (including phenoxy) is 1. The summed E-state index contributed by atoms with van der Waals surface area (Å²) in [6.45, 7) is 1.26. The van der Waals surface area contributed by atoms with Crippen LogP contribution in [0.2, 0.25) is 0 Å². The van der Waals surface area contributed by atoms with Crippen LogP contribution < -0.4 is 5.90 Å². The second-order valence-corrected chi connectivity index (χ2v) is 2.09. The van der Waals surface area contributed by atoms with Gasteiger partial charge in [0.1, 0.15) is 0 Å². The third kappa shape index (κ3) is 1.94. The molecule has 0 bridgehead atoms. The number of methoxy groups -OCH3 is 1. The lowest BCUT2D eigenvalue weighted by Crippen LogP contribution is -2.44. The molecule has 0 aromatic carbocycles. The first-order valence-electron chi connectivity index (χ1n) is 2.67. The van der Waals surface area contributed by atoms with Gasteiger partial charge in [-0.3, -0.25) is 4.84 Å². The van der Waals surface area contributed by atoms with Crippen molar-refractivity contribution in [3.63, 3.8) is 0 Å². The Balaban J connectivity index is 4.08. The molecule has 60 valence electrons. The van der Waals surface area contributed by atoms with Gasteiger partial charge in [-0.05, 0) is 6.92 Å². The number of aliphatic carboxylic acids is 1. The molecule has 0 aromatic heterocycles. The smallest absolute Gasteiger partial charge is 0.340 e. The number of rotatable bonds is 4. The monoisotopic (exact) mass is 149 g/mol. The maximum Gasteiger partial charge on any atom is 0.340 e. The molecule has 0 heterocycles. The van der Waals surface area contributed by atoms with Crippen LogP contribution in [0.15, 0.2) is 0 Å². The van der Waals surface area contributed by atoms with Crippen molar-refractivity contribution in [1.29, 1.82) is 0 Å². The molecular formula is C5H11NO4. The van der Waals surface area contributed by atoms with E-state index in [4.69, 9.17) is 11.0 Å². The summed E-state index contributed by atoms with van der Waals surface area (Å²) in [7, 11) is 1.38. The van der Waals surface area contributed by atoms with Gasteiger partial charge in [0.05, 0.1) is 6.61 Å². The first-order valence-corrected chi connectivity index (χ1v) is 2.67. The van der Waals surface area contributed by atoms with Crippen molar-refractivity contribution >= 4 is 5.97 Å². The highest BCUT2D eigenvalue weighted by atomic mass is 16.7. The van der Waals surface area contributed by atoms with Crippen LogP contribution in [-0.4, -0.2) is 30.4 Å². The highest BCUT2D eigenvalue weighted by molar-refractivity contribution is 5.77. The third-order valence-electron chi connectivity index (χ3n) is 1.13. The van der Waals surface area contributed by atoms with Crippen LogP contribution in [0.3, 0.4) is 0 Å². The average molecular weight is 149 g/mol. The predicted octanol–water partition coefficient (Wildman–Crippen LogP) is -0.634. The van der Waals surface area contributed by atoms with Crippen LogP contribution in [0.25, 0.3) is 0 Å².